The zero-order valence-electron chi connectivity index (χ0n) is 6.71. The molecule has 3 N–H and O–H groups in total. The lowest BCUT2D eigenvalue weighted by atomic mass is 10.3. The van der Waals surface area contributed by atoms with E-state index in [0.29, 0.717) is 0 Å². The molecule has 11 heavy (non-hydrogen) atoms. The van der Waals surface area contributed by atoms with Crippen LogP contribution in [0.15, 0.2) is 0 Å². The Bertz CT molecular complexity index is 116. The summed E-state index contributed by atoms with van der Waals surface area (Å²) < 4.78 is 0. The van der Waals surface area contributed by atoms with Crippen LogP contribution in [0.25, 0.3) is 0 Å². The molecule has 0 aliphatic carbocycles. The Labute approximate surface area is 66.2 Å². The average Bonchev–Trinajstić information content (AvgIpc) is 1.97. The van der Waals surface area contributed by atoms with Gasteiger partial charge in [-0.2, -0.15) is 0 Å². The van der Waals surface area contributed by atoms with E-state index in [0.717, 1.165) is 13.0 Å². The summed E-state index contributed by atoms with van der Waals surface area (Å²) in [6.45, 7) is 2.71. The molecule has 0 aromatic heterocycles. The first-order chi connectivity index (χ1) is 5.16. The molecular weight excluding hydrogens is 146 g/mol. The highest BCUT2D eigenvalue weighted by Gasteiger charge is 2.04. The normalized spacial score (nSPS) is 12.9. The quantitative estimate of drug-likeness (QED) is 0.486. The lowest BCUT2D eigenvalue weighted by molar-refractivity contribution is -0.137. The van der Waals surface area contributed by atoms with E-state index >= 15 is 0 Å². The molecule has 0 spiro atoms. The van der Waals surface area contributed by atoms with E-state index in [2.05, 4.69) is 5.32 Å². The standard InChI is InChI=1S/C7H15NO3/c1-2-5-8-6(9)3-4-7(10)11/h6,8-9H,2-5H2,1H3,(H,10,11). The fourth-order valence-electron chi connectivity index (χ4n) is 0.673. The molecular formula is C7H15NO3. The van der Waals surface area contributed by atoms with E-state index in [1.54, 1.807) is 0 Å². The summed E-state index contributed by atoms with van der Waals surface area (Å²) in [7, 11) is 0. The van der Waals surface area contributed by atoms with Crippen LogP contribution in [-0.2, 0) is 4.79 Å². The van der Waals surface area contributed by atoms with Crippen LogP contribution < -0.4 is 5.32 Å². The van der Waals surface area contributed by atoms with Gasteiger partial charge in [0, 0.05) is 6.42 Å². The smallest absolute Gasteiger partial charge is 0.303 e. The van der Waals surface area contributed by atoms with Crippen LogP contribution in [0.2, 0.25) is 0 Å². The van der Waals surface area contributed by atoms with Gasteiger partial charge in [-0.1, -0.05) is 6.92 Å². The second-order valence-corrected chi connectivity index (χ2v) is 2.40. The van der Waals surface area contributed by atoms with Crippen molar-refractivity contribution in [2.24, 2.45) is 0 Å². The van der Waals surface area contributed by atoms with E-state index in [1.165, 1.54) is 0 Å². The number of carboxylic acid groups (broad SMARTS) is 1. The van der Waals surface area contributed by atoms with Gasteiger partial charge in [0.25, 0.3) is 0 Å². The highest BCUT2D eigenvalue weighted by molar-refractivity contribution is 5.66. The van der Waals surface area contributed by atoms with Gasteiger partial charge in [0.15, 0.2) is 0 Å². The Balaban J connectivity index is 3.22. The van der Waals surface area contributed by atoms with Gasteiger partial charge >= 0.3 is 5.97 Å². The van der Waals surface area contributed by atoms with Crippen molar-refractivity contribution in [3.63, 3.8) is 0 Å². The number of carboxylic acids is 1. The third kappa shape index (κ3) is 7.29. The Morgan fingerprint density at radius 3 is 2.73 bits per heavy atom. The number of rotatable bonds is 6. The van der Waals surface area contributed by atoms with Crippen LogP contribution in [-0.4, -0.2) is 29.0 Å². The minimum Gasteiger partial charge on any atom is -0.481 e. The molecule has 0 amide bonds. The van der Waals surface area contributed by atoms with E-state index in [-0.39, 0.29) is 12.8 Å². The van der Waals surface area contributed by atoms with Crippen molar-refractivity contribution >= 4 is 5.97 Å². The molecule has 0 aromatic carbocycles. The van der Waals surface area contributed by atoms with Crippen LogP contribution in [0.4, 0.5) is 0 Å². The summed E-state index contributed by atoms with van der Waals surface area (Å²) in [6, 6.07) is 0. The second kappa shape index (κ2) is 6.12. The molecule has 0 bridgehead atoms. The zero-order chi connectivity index (χ0) is 8.69. The number of aliphatic hydroxyl groups is 1. The first-order valence-corrected chi connectivity index (χ1v) is 3.80. The van der Waals surface area contributed by atoms with E-state index in [1.807, 2.05) is 6.92 Å². The van der Waals surface area contributed by atoms with Gasteiger partial charge in [-0.15, -0.1) is 0 Å². The van der Waals surface area contributed by atoms with Crippen molar-refractivity contribution in [1.29, 1.82) is 0 Å². The third-order valence-electron chi connectivity index (χ3n) is 1.26. The molecule has 0 fully saturated rings. The number of hydrogen-bond acceptors (Lipinski definition) is 3. The Morgan fingerprint density at radius 2 is 2.27 bits per heavy atom. The van der Waals surface area contributed by atoms with Crippen LogP contribution in [0.3, 0.4) is 0 Å². The summed E-state index contributed by atoms with van der Waals surface area (Å²) in [5.41, 5.74) is 0. The van der Waals surface area contributed by atoms with E-state index in [9.17, 15) is 4.79 Å². The fraction of sp³-hybridized carbons (Fsp3) is 0.857. The molecule has 4 heteroatoms. The molecule has 1 unspecified atom stereocenters. The highest BCUT2D eigenvalue weighted by Crippen LogP contribution is 1.93. The van der Waals surface area contributed by atoms with Gasteiger partial charge in [0.05, 0.1) is 0 Å². The van der Waals surface area contributed by atoms with Crippen molar-refractivity contribution in [2.75, 3.05) is 6.54 Å². The van der Waals surface area contributed by atoms with Gasteiger partial charge in [-0.05, 0) is 19.4 Å². The predicted molar refractivity (Wildman–Crippen MR) is 41.2 cm³/mol. The molecule has 0 saturated carbocycles. The maximum absolute atomic E-state index is 10.0. The topological polar surface area (TPSA) is 69.6 Å². The number of carbonyl (C=O) groups is 1. The predicted octanol–water partition coefficient (Wildman–Crippen LogP) is 0.169. The molecule has 4 nitrogen and oxygen atoms in total. The largest absolute Gasteiger partial charge is 0.481 e. The Morgan fingerprint density at radius 1 is 1.64 bits per heavy atom. The van der Waals surface area contributed by atoms with Crippen LogP contribution >= 0.6 is 0 Å². The summed E-state index contributed by atoms with van der Waals surface area (Å²) in [5, 5.41) is 20.1. The first-order valence-electron chi connectivity index (χ1n) is 3.80. The summed E-state index contributed by atoms with van der Waals surface area (Å²) >= 11 is 0. The molecule has 0 rings (SSSR count). The average molecular weight is 161 g/mol. The summed E-state index contributed by atoms with van der Waals surface area (Å²) in [5.74, 6) is -0.873. The summed E-state index contributed by atoms with van der Waals surface area (Å²) in [6.07, 6.45) is 0.545. The molecule has 0 aromatic rings. The Kier molecular flexibility index (Phi) is 5.78. The SMILES string of the molecule is CCCNC(O)CCC(=O)O. The van der Waals surface area contributed by atoms with Crippen molar-refractivity contribution < 1.29 is 15.0 Å². The first kappa shape index (κ1) is 10.4. The van der Waals surface area contributed by atoms with Gasteiger partial charge in [-0.25, -0.2) is 0 Å². The number of hydrogen-bond donors (Lipinski definition) is 3. The van der Waals surface area contributed by atoms with E-state index < -0.39 is 12.2 Å². The molecule has 0 aliphatic heterocycles. The minimum absolute atomic E-state index is 0.0118. The molecule has 0 radical (unpaired) electrons. The highest BCUT2D eigenvalue weighted by atomic mass is 16.4. The number of aliphatic carboxylic acids is 1. The van der Waals surface area contributed by atoms with Crippen molar-refractivity contribution in [3.05, 3.63) is 0 Å². The third-order valence-corrected chi connectivity index (χ3v) is 1.26. The Hall–Kier alpha value is -0.610. The minimum atomic E-state index is -0.873. The van der Waals surface area contributed by atoms with Crippen LogP contribution in [0, 0.1) is 0 Å². The molecule has 0 heterocycles. The fourth-order valence-corrected chi connectivity index (χ4v) is 0.673. The maximum atomic E-state index is 10.0. The van der Waals surface area contributed by atoms with Gasteiger partial charge in [0.2, 0.25) is 0 Å². The van der Waals surface area contributed by atoms with E-state index in [4.69, 9.17) is 10.2 Å². The number of aliphatic hydroxyl groups excluding tert-OH is 1. The van der Waals surface area contributed by atoms with Gasteiger partial charge < -0.3 is 10.2 Å². The lowest BCUT2D eigenvalue weighted by Crippen LogP contribution is -2.29. The van der Waals surface area contributed by atoms with Crippen molar-refractivity contribution in [1.82, 2.24) is 5.32 Å². The zero-order valence-corrected chi connectivity index (χ0v) is 6.71. The summed E-state index contributed by atoms with van der Waals surface area (Å²) in [4.78, 5) is 10.0. The molecule has 66 valence electrons. The van der Waals surface area contributed by atoms with Crippen LogP contribution in [0.1, 0.15) is 26.2 Å². The maximum Gasteiger partial charge on any atom is 0.303 e. The van der Waals surface area contributed by atoms with Crippen molar-refractivity contribution in [3.8, 4) is 0 Å². The van der Waals surface area contributed by atoms with Crippen LogP contribution in [0.5, 0.6) is 0 Å². The molecule has 0 aliphatic rings. The number of nitrogens with one attached hydrogen (secondary N) is 1. The lowest BCUT2D eigenvalue weighted by Gasteiger charge is -2.09. The van der Waals surface area contributed by atoms with Gasteiger partial charge in [0.1, 0.15) is 6.23 Å². The molecule has 1 atom stereocenters. The monoisotopic (exact) mass is 161 g/mol. The van der Waals surface area contributed by atoms with Crippen molar-refractivity contribution in [2.45, 2.75) is 32.4 Å². The van der Waals surface area contributed by atoms with Gasteiger partial charge in [-0.3, -0.25) is 10.1 Å². The second-order valence-electron chi connectivity index (χ2n) is 2.40. The molecule has 0 saturated heterocycles.